The number of rotatable bonds is 6. The average molecular weight is 221 g/mol. The summed E-state index contributed by atoms with van der Waals surface area (Å²) in [5.74, 6) is 0. The molecule has 0 aromatic carbocycles. The number of hydrogen-bond acceptors (Lipinski definition) is 2. The van der Waals surface area contributed by atoms with Crippen LogP contribution in [0.5, 0.6) is 0 Å². The Hall–Kier alpha value is -1.09. The number of nitrogens with one attached hydrogen (secondary N) is 1. The maximum atomic E-state index is 4.48. The van der Waals surface area contributed by atoms with Gasteiger partial charge in [0.1, 0.15) is 0 Å². The smallest absolute Gasteiger partial charge is 0.0597 e. The molecule has 0 radical (unpaired) electrons. The lowest BCUT2D eigenvalue weighted by Gasteiger charge is -2.18. The van der Waals surface area contributed by atoms with Crippen LogP contribution in [0.25, 0.3) is 0 Å². The van der Waals surface area contributed by atoms with Gasteiger partial charge in [0.25, 0.3) is 0 Å². The molecule has 1 rings (SSSR count). The molecule has 0 spiro atoms. The zero-order valence-electron chi connectivity index (χ0n) is 10.9. The highest BCUT2D eigenvalue weighted by molar-refractivity contribution is 5.16. The predicted molar refractivity (Wildman–Crippen MR) is 68.5 cm³/mol. The fraction of sp³-hybridized carbons (Fsp3) is 0.615. The minimum Gasteiger partial charge on any atom is -0.311 e. The van der Waals surface area contributed by atoms with E-state index in [-0.39, 0.29) is 0 Å². The van der Waals surface area contributed by atoms with Gasteiger partial charge in [0.05, 0.1) is 17.4 Å². The molecule has 1 unspecified atom stereocenters. The van der Waals surface area contributed by atoms with Gasteiger partial charge in [0, 0.05) is 6.54 Å². The molecule has 1 N–H and O–H groups in total. The van der Waals surface area contributed by atoms with Crippen molar-refractivity contribution in [1.82, 2.24) is 15.1 Å². The van der Waals surface area contributed by atoms with Crippen molar-refractivity contribution in [2.45, 2.75) is 46.2 Å². The highest BCUT2D eigenvalue weighted by Crippen LogP contribution is 2.22. The SMILES string of the molecule is C=C(CC)CC(NC)c1cc(C)nn1CC. The standard InChI is InChI=1S/C13H23N3/c1-6-10(3)8-12(14-5)13-9-11(4)15-16(13)7-2/h9,12,14H,3,6-8H2,1-2,4-5H3. The third-order valence-corrected chi connectivity index (χ3v) is 2.93. The maximum Gasteiger partial charge on any atom is 0.0597 e. The van der Waals surface area contributed by atoms with E-state index in [4.69, 9.17) is 0 Å². The summed E-state index contributed by atoms with van der Waals surface area (Å²) < 4.78 is 2.07. The minimum absolute atomic E-state index is 0.327. The van der Waals surface area contributed by atoms with Crippen LogP contribution < -0.4 is 5.32 Å². The Balaban J connectivity index is 2.89. The van der Waals surface area contributed by atoms with Crippen LogP contribution in [0.2, 0.25) is 0 Å². The van der Waals surface area contributed by atoms with Crippen molar-refractivity contribution < 1.29 is 0 Å². The molecule has 1 aromatic heterocycles. The normalized spacial score (nSPS) is 12.8. The van der Waals surface area contributed by atoms with E-state index in [0.717, 1.165) is 25.1 Å². The molecular formula is C13H23N3. The Kier molecular flexibility index (Phi) is 4.74. The molecule has 3 nitrogen and oxygen atoms in total. The Labute approximate surface area is 98.5 Å². The van der Waals surface area contributed by atoms with E-state index in [0.29, 0.717) is 6.04 Å². The molecule has 0 aliphatic rings. The van der Waals surface area contributed by atoms with Gasteiger partial charge in [0.15, 0.2) is 0 Å². The molecule has 1 atom stereocenters. The largest absolute Gasteiger partial charge is 0.311 e. The first kappa shape index (κ1) is 13.0. The van der Waals surface area contributed by atoms with Crippen molar-refractivity contribution >= 4 is 0 Å². The van der Waals surface area contributed by atoms with Gasteiger partial charge in [-0.05, 0) is 39.8 Å². The van der Waals surface area contributed by atoms with Gasteiger partial charge in [-0.1, -0.05) is 19.1 Å². The molecule has 0 fully saturated rings. The van der Waals surface area contributed by atoms with Crippen molar-refractivity contribution in [3.8, 4) is 0 Å². The van der Waals surface area contributed by atoms with Crippen LogP contribution in [0, 0.1) is 6.92 Å². The first-order chi connectivity index (χ1) is 7.62. The van der Waals surface area contributed by atoms with E-state index in [1.54, 1.807) is 0 Å². The predicted octanol–water partition coefficient (Wildman–Crippen LogP) is 2.83. The third kappa shape index (κ3) is 2.95. The number of aryl methyl sites for hydroxylation is 2. The summed E-state index contributed by atoms with van der Waals surface area (Å²) in [7, 11) is 2.00. The highest BCUT2D eigenvalue weighted by atomic mass is 15.3. The minimum atomic E-state index is 0.327. The van der Waals surface area contributed by atoms with Gasteiger partial charge in [-0.2, -0.15) is 5.10 Å². The highest BCUT2D eigenvalue weighted by Gasteiger charge is 2.15. The fourth-order valence-corrected chi connectivity index (χ4v) is 1.89. The molecular weight excluding hydrogens is 198 g/mol. The summed E-state index contributed by atoms with van der Waals surface area (Å²) in [6, 6.07) is 2.49. The van der Waals surface area contributed by atoms with Gasteiger partial charge < -0.3 is 5.32 Å². The molecule has 90 valence electrons. The number of nitrogens with zero attached hydrogens (tertiary/aromatic N) is 2. The van der Waals surface area contributed by atoms with Crippen LogP contribution in [-0.2, 0) is 6.54 Å². The summed E-state index contributed by atoms with van der Waals surface area (Å²) in [6.07, 6.45) is 2.02. The molecule has 0 saturated carbocycles. The number of hydrogen-bond donors (Lipinski definition) is 1. The summed E-state index contributed by atoms with van der Waals surface area (Å²) in [5.41, 5.74) is 3.62. The first-order valence-electron chi connectivity index (χ1n) is 6.00. The second-order valence-corrected chi connectivity index (χ2v) is 4.18. The monoisotopic (exact) mass is 221 g/mol. The molecule has 1 aromatic rings. The molecule has 0 aliphatic heterocycles. The average Bonchev–Trinajstić information content (AvgIpc) is 2.66. The lowest BCUT2D eigenvalue weighted by molar-refractivity contribution is 0.508. The topological polar surface area (TPSA) is 29.9 Å². The Bertz CT molecular complexity index is 352. The summed E-state index contributed by atoms with van der Waals surface area (Å²) in [5, 5.41) is 7.83. The zero-order chi connectivity index (χ0) is 12.1. The van der Waals surface area contributed by atoms with Gasteiger partial charge in [-0.25, -0.2) is 0 Å². The van der Waals surface area contributed by atoms with Crippen molar-refractivity contribution in [2.24, 2.45) is 0 Å². The van der Waals surface area contributed by atoms with E-state index >= 15 is 0 Å². The molecule has 16 heavy (non-hydrogen) atoms. The first-order valence-corrected chi connectivity index (χ1v) is 6.00. The second-order valence-electron chi connectivity index (χ2n) is 4.18. The zero-order valence-corrected chi connectivity index (χ0v) is 10.9. The van der Waals surface area contributed by atoms with E-state index < -0.39 is 0 Å². The molecule has 1 heterocycles. The fourth-order valence-electron chi connectivity index (χ4n) is 1.89. The second kappa shape index (κ2) is 5.85. The van der Waals surface area contributed by atoms with E-state index in [9.17, 15) is 0 Å². The lowest BCUT2D eigenvalue weighted by Crippen LogP contribution is -2.20. The summed E-state index contributed by atoms with van der Waals surface area (Å²) in [6.45, 7) is 11.3. The Morgan fingerprint density at radius 3 is 2.75 bits per heavy atom. The van der Waals surface area contributed by atoms with Gasteiger partial charge >= 0.3 is 0 Å². The van der Waals surface area contributed by atoms with Gasteiger partial charge in [0.2, 0.25) is 0 Å². The Morgan fingerprint density at radius 1 is 1.56 bits per heavy atom. The van der Waals surface area contributed by atoms with Crippen LogP contribution in [-0.4, -0.2) is 16.8 Å². The lowest BCUT2D eigenvalue weighted by atomic mass is 10.0. The van der Waals surface area contributed by atoms with Crippen molar-refractivity contribution in [1.29, 1.82) is 0 Å². The molecule has 0 aliphatic carbocycles. The van der Waals surface area contributed by atoms with Crippen LogP contribution >= 0.6 is 0 Å². The molecule has 3 heteroatoms. The number of aromatic nitrogens is 2. The molecule has 0 amide bonds. The van der Waals surface area contributed by atoms with Gasteiger partial charge in [-0.15, -0.1) is 0 Å². The Morgan fingerprint density at radius 2 is 2.25 bits per heavy atom. The van der Waals surface area contributed by atoms with Gasteiger partial charge in [-0.3, -0.25) is 4.68 Å². The van der Waals surface area contributed by atoms with Crippen molar-refractivity contribution in [3.63, 3.8) is 0 Å². The summed E-state index contributed by atoms with van der Waals surface area (Å²) in [4.78, 5) is 0. The van der Waals surface area contributed by atoms with Crippen LogP contribution in [0.4, 0.5) is 0 Å². The molecule has 0 saturated heterocycles. The van der Waals surface area contributed by atoms with Crippen LogP contribution in [0.15, 0.2) is 18.2 Å². The van der Waals surface area contributed by atoms with Crippen molar-refractivity contribution in [3.05, 3.63) is 29.6 Å². The van der Waals surface area contributed by atoms with Crippen LogP contribution in [0.3, 0.4) is 0 Å². The maximum absolute atomic E-state index is 4.48. The quantitative estimate of drug-likeness (QED) is 0.749. The van der Waals surface area contributed by atoms with E-state index in [1.807, 2.05) is 14.0 Å². The molecule has 0 bridgehead atoms. The van der Waals surface area contributed by atoms with Crippen molar-refractivity contribution in [2.75, 3.05) is 7.05 Å². The van der Waals surface area contributed by atoms with E-state index in [1.165, 1.54) is 11.3 Å². The van der Waals surface area contributed by atoms with Crippen LogP contribution in [0.1, 0.15) is 44.1 Å². The summed E-state index contributed by atoms with van der Waals surface area (Å²) >= 11 is 0. The van der Waals surface area contributed by atoms with E-state index in [2.05, 4.69) is 41.6 Å². The third-order valence-electron chi connectivity index (χ3n) is 2.93.